The molecule has 0 spiro atoms. The van der Waals surface area contributed by atoms with Crippen LogP contribution in [0, 0.1) is 5.92 Å². The van der Waals surface area contributed by atoms with Crippen LogP contribution in [-0.4, -0.2) is 37.6 Å². The normalized spacial score (nSPS) is 31.6. The molecule has 2 rings (SSSR count). The first-order valence-corrected chi connectivity index (χ1v) is 4.77. The van der Waals surface area contributed by atoms with Crippen molar-refractivity contribution in [3.63, 3.8) is 0 Å². The highest BCUT2D eigenvalue weighted by molar-refractivity contribution is 4.83. The van der Waals surface area contributed by atoms with Gasteiger partial charge in [0.25, 0.3) is 0 Å². The lowest BCUT2D eigenvalue weighted by Gasteiger charge is -2.22. The summed E-state index contributed by atoms with van der Waals surface area (Å²) in [5.41, 5.74) is 0. The van der Waals surface area contributed by atoms with Gasteiger partial charge in [-0.1, -0.05) is 0 Å². The van der Waals surface area contributed by atoms with Crippen LogP contribution in [0.4, 0.5) is 0 Å². The van der Waals surface area contributed by atoms with Gasteiger partial charge in [0.05, 0.1) is 0 Å². The molecule has 1 saturated carbocycles. The topological polar surface area (TPSA) is 15.3 Å². The van der Waals surface area contributed by atoms with E-state index in [-0.39, 0.29) is 0 Å². The van der Waals surface area contributed by atoms with Gasteiger partial charge in [-0.15, -0.1) is 0 Å². The lowest BCUT2D eigenvalue weighted by atomic mass is 10.2. The van der Waals surface area contributed by atoms with Gasteiger partial charge in [0.15, 0.2) is 0 Å². The van der Waals surface area contributed by atoms with Gasteiger partial charge in [-0.25, -0.2) is 0 Å². The minimum Gasteiger partial charge on any atom is -0.315 e. The summed E-state index contributed by atoms with van der Waals surface area (Å²) in [6.07, 6.45) is 4.30. The summed E-state index contributed by atoms with van der Waals surface area (Å²) in [6, 6.07) is 0.829. The third-order valence-electron chi connectivity index (χ3n) is 2.90. The Kier molecular flexibility index (Phi) is 2.14. The van der Waals surface area contributed by atoms with E-state index in [4.69, 9.17) is 0 Å². The number of likely N-dealkylation sites (N-methyl/N-ethyl adjacent to an activating group) is 1. The Labute approximate surface area is 69.0 Å². The molecule has 0 amide bonds. The van der Waals surface area contributed by atoms with E-state index < -0.39 is 0 Å². The zero-order valence-electron chi connectivity index (χ0n) is 7.34. The maximum absolute atomic E-state index is 3.41. The lowest BCUT2D eigenvalue weighted by Crippen LogP contribution is -2.34. The fourth-order valence-corrected chi connectivity index (χ4v) is 1.87. The van der Waals surface area contributed by atoms with Crippen LogP contribution in [0.15, 0.2) is 0 Å². The SMILES string of the molecule is CN(CC1CC1)C1CCNC1. The molecule has 0 aromatic heterocycles. The van der Waals surface area contributed by atoms with Crippen molar-refractivity contribution in [3.8, 4) is 0 Å². The Morgan fingerprint density at radius 2 is 2.18 bits per heavy atom. The fourth-order valence-electron chi connectivity index (χ4n) is 1.87. The number of nitrogens with zero attached hydrogens (tertiary/aromatic N) is 1. The molecule has 1 heterocycles. The van der Waals surface area contributed by atoms with Gasteiger partial charge < -0.3 is 10.2 Å². The molecule has 1 saturated heterocycles. The summed E-state index contributed by atoms with van der Waals surface area (Å²) in [5.74, 6) is 1.04. The van der Waals surface area contributed by atoms with E-state index in [1.165, 1.54) is 38.9 Å². The van der Waals surface area contributed by atoms with Crippen LogP contribution in [-0.2, 0) is 0 Å². The van der Waals surface area contributed by atoms with Crippen molar-refractivity contribution in [2.45, 2.75) is 25.3 Å². The first-order valence-electron chi connectivity index (χ1n) is 4.77. The van der Waals surface area contributed by atoms with Crippen molar-refractivity contribution in [1.82, 2.24) is 10.2 Å². The molecule has 0 aromatic rings. The highest BCUT2D eigenvalue weighted by Gasteiger charge is 2.26. The second kappa shape index (κ2) is 3.11. The molecule has 64 valence electrons. The number of nitrogens with one attached hydrogen (secondary N) is 1. The number of hydrogen-bond donors (Lipinski definition) is 1. The monoisotopic (exact) mass is 154 g/mol. The fraction of sp³-hybridized carbons (Fsp3) is 1.00. The highest BCUT2D eigenvalue weighted by atomic mass is 15.2. The van der Waals surface area contributed by atoms with Gasteiger partial charge in [-0.05, 0) is 38.8 Å². The second-order valence-corrected chi connectivity index (χ2v) is 4.03. The molecule has 1 aliphatic carbocycles. The summed E-state index contributed by atoms with van der Waals surface area (Å²) in [6.45, 7) is 3.77. The Morgan fingerprint density at radius 1 is 1.36 bits per heavy atom. The molecule has 1 unspecified atom stereocenters. The molecule has 2 fully saturated rings. The number of rotatable bonds is 3. The average Bonchev–Trinajstić information content (AvgIpc) is 2.67. The van der Waals surface area contributed by atoms with Gasteiger partial charge in [-0.3, -0.25) is 0 Å². The zero-order valence-corrected chi connectivity index (χ0v) is 7.34. The van der Waals surface area contributed by atoms with Gasteiger partial charge in [0, 0.05) is 19.1 Å². The van der Waals surface area contributed by atoms with E-state index in [9.17, 15) is 0 Å². The van der Waals surface area contributed by atoms with Crippen molar-refractivity contribution in [1.29, 1.82) is 0 Å². The Balaban J connectivity index is 1.73. The quantitative estimate of drug-likeness (QED) is 0.643. The van der Waals surface area contributed by atoms with Crippen molar-refractivity contribution in [3.05, 3.63) is 0 Å². The molecule has 0 aromatic carbocycles. The van der Waals surface area contributed by atoms with Crippen LogP contribution in [0.3, 0.4) is 0 Å². The molecular formula is C9H18N2. The summed E-state index contributed by atoms with van der Waals surface area (Å²) in [5, 5.41) is 3.41. The molecule has 0 bridgehead atoms. The van der Waals surface area contributed by atoms with Gasteiger partial charge >= 0.3 is 0 Å². The molecule has 0 radical (unpaired) electrons. The summed E-state index contributed by atoms with van der Waals surface area (Å²) in [7, 11) is 2.27. The van der Waals surface area contributed by atoms with E-state index in [1.54, 1.807) is 0 Å². The molecule has 1 aliphatic heterocycles. The molecule has 1 N–H and O–H groups in total. The predicted octanol–water partition coefficient (Wildman–Crippen LogP) is 0.690. The maximum Gasteiger partial charge on any atom is 0.0229 e. The molecule has 11 heavy (non-hydrogen) atoms. The molecule has 2 nitrogen and oxygen atoms in total. The minimum atomic E-state index is 0.829. The molecule has 1 atom stereocenters. The Hall–Kier alpha value is -0.0800. The lowest BCUT2D eigenvalue weighted by molar-refractivity contribution is 0.247. The smallest absolute Gasteiger partial charge is 0.0229 e. The first-order chi connectivity index (χ1) is 5.36. The highest BCUT2D eigenvalue weighted by Crippen LogP contribution is 2.30. The van der Waals surface area contributed by atoms with Crippen molar-refractivity contribution < 1.29 is 0 Å². The Morgan fingerprint density at radius 3 is 2.73 bits per heavy atom. The van der Waals surface area contributed by atoms with Crippen molar-refractivity contribution in [2.24, 2.45) is 5.92 Å². The van der Waals surface area contributed by atoms with Crippen molar-refractivity contribution in [2.75, 3.05) is 26.7 Å². The zero-order chi connectivity index (χ0) is 7.68. The standard InChI is InChI=1S/C9H18N2/c1-11(7-8-2-3-8)9-4-5-10-6-9/h8-10H,2-7H2,1H3. The van der Waals surface area contributed by atoms with Crippen LogP contribution in [0.5, 0.6) is 0 Å². The second-order valence-electron chi connectivity index (χ2n) is 4.03. The Bertz CT molecular complexity index is 126. The third-order valence-corrected chi connectivity index (χ3v) is 2.90. The molecule has 2 heteroatoms. The van der Waals surface area contributed by atoms with E-state index in [0.717, 1.165) is 12.0 Å². The van der Waals surface area contributed by atoms with E-state index >= 15 is 0 Å². The van der Waals surface area contributed by atoms with Gasteiger partial charge in [-0.2, -0.15) is 0 Å². The summed E-state index contributed by atoms with van der Waals surface area (Å²) < 4.78 is 0. The van der Waals surface area contributed by atoms with Crippen LogP contribution >= 0.6 is 0 Å². The summed E-state index contributed by atoms with van der Waals surface area (Å²) in [4.78, 5) is 2.54. The van der Waals surface area contributed by atoms with E-state index in [2.05, 4.69) is 17.3 Å². The van der Waals surface area contributed by atoms with E-state index in [1.807, 2.05) is 0 Å². The predicted molar refractivity (Wildman–Crippen MR) is 46.6 cm³/mol. The van der Waals surface area contributed by atoms with Gasteiger partial charge in [0.1, 0.15) is 0 Å². The largest absolute Gasteiger partial charge is 0.315 e. The maximum atomic E-state index is 3.41. The molecular weight excluding hydrogens is 136 g/mol. The van der Waals surface area contributed by atoms with Crippen LogP contribution < -0.4 is 5.32 Å². The molecule has 2 aliphatic rings. The minimum absolute atomic E-state index is 0.829. The van der Waals surface area contributed by atoms with Crippen LogP contribution in [0.25, 0.3) is 0 Å². The van der Waals surface area contributed by atoms with Crippen LogP contribution in [0.2, 0.25) is 0 Å². The number of hydrogen-bond acceptors (Lipinski definition) is 2. The van der Waals surface area contributed by atoms with Crippen LogP contribution in [0.1, 0.15) is 19.3 Å². The summed E-state index contributed by atoms with van der Waals surface area (Å²) >= 11 is 0. The van der Waals surface area contributed by atoms with Gasteiger partial charge in [0.2, 0.25) is 0 Å². The third kappa shape index (κ3) is 1.94. The first kappa shape index (κ1) is 7.56. The van der Waals surface area contributed by atoms with E-state index in [0.29, 0.717) is 0 Å². The van der Waals surface area contributed by atoms with Crippen molar-refractivity contribution >= 4 is 0 Å². The average molecular weight is 154 g/mol.